The molecule has 0 aromatic heterocycles. The molecule has 1 saturated carbocycles. The van der Waals surface area contributed by atoms with Crippen LogP contribution in [0.5, 0.6) is 0 Å². The SMILES string of the molecule is CCC1(CNC(=NC)NCc2ccc(S(=O)(=O)N3CCCC3)cc2)CCC1. The van der Waals surface area contributed by atoms with Gasteiger partial charge in [0.2, 0.25) is 10.0 Å². The Labute approximate surface area is 163 Å². The number of nitrogens with one attached hydrogen (secondary N) is 2. The van der Waals surface area contributed by atoms with Gasteiger partial charge in [0.15, 0.2) is 5.96 Å². The highest BCUT2D eigenvalue weighted by Gasteiger charge is 2.34. The molecule has 0 unspecified atom stereocenters. The zero-order valence-electron chi connectivity index (χ0n) is 16.5. The summed E-state index contributed by atoms with van der Waals surface area (Å²) in [6, 6.07) is 7.17. The van der Waals surface area contributed by atoms with Gasteiger partial charge in [0.25, 0.3) is 0 Å². The quantitative estimate of drug-likeness (QED) is 0.553. The maximum absolute atomic E-state index is 12.6. The predicted octanol–water partition coefficient (Wildman–Crippen LogP) is 2.72. The molecular weight excluding hydrogens is 360 g/mol. The van der Waals surface area contributed by atoms with Gasteiger partial charge in [-0.3, -0.25) is 4.99 Å². The minimum absolute atomic E-state index is 0.380. The molecule has 3 rings (SSSR count). The first-order chi connectivity index (χ1) is 13.0. The molecule has 1 aliphatic carbocycles. The minimum atomic E-state index is -3.34. The highest BCUT2D eigenvalue weighted by atomic mass is 32.2. The van der Waals surface area contributed by atoms with Crippen LogP contribution in [0.25, 0.3) is 0 Å². The fraction of sp³-hybridized carbons (Fsp3) is 0.650. The van der Waals surface area contributed by atoms with Crippen molar-refractivity contribution in [3.05, 3.63) is 29.8 Å². The van der Waals surface area contributed by atoms with Gasteiger partial charge in [-0.05, 0) is 55.2 Å². The molecule has 0 radical (unpaired) electrons. The summed E-state index contributed by atoms with van der Waals surface area (Å²) in [5.41, 5.74) is 1.47. The maximum Gasteiger partial charge on any atom is 0.243 e. The monoisotopic (exact) mass is 392 g/mol. The van der Waals surface area contributed by atoms with Crippen LogP contribution in [0.15, 0.2) is 34.2 Å². The van der Waals surface area contributed by atoms with Gasteiger partial charge >= 0.3 is 0 Å². The average molecular weight is 393 g/mol. The molecule has 2 N–H and O–H groups in total. The van der Waals surface area contributed by atoms with Gasteiger partial charge < -0.3 is 10.6 Å². The number of aliphatic imine (C=N–C) groups is 1. The molecule has 150 valence electrons. The fourth-order valence-corrected chi connectivity index (χ4v) is 5.38. The van der Waals surface area contributed by atoms with Crippen molar-refractivity contribution in [2.75, 3.05) is 26.7 Å². The van der Waals surface area contributed by atoms with Crippen molar-refractivity contribution in [1.82, 2.24) is 14.9 Å². The average Bonchev–Trinajstić information content (AvgIpc) is 3.19. The summed E-state index contributed by atoms with van der Waals surface area (Å²) >= 11 is 0. The number of hydrogen-bond donors (Lipinski definition) is 2. The van der Waals surface area contributed by atoms with Crippen LogP contribution in [-0.4, -0.2) is 45.4 Å². The first-order valence-electron chi connectivity index (χ1n) is 10.0. The van der Waals surface area contributed by atoms with E-state index in [1.807, 2.05) is 12.1 Å². The summed E-state index contributed by atoms with van der Waals surface area (Å²) in [5, 5.41) is 6.77. The Morgan fingerprint density at radius 2 is 1.78 bits per heavy atom. The normalized spacial score (nSPS) is 20.3. The third kappa shape index (κ3) is 4.63. The van der Waals surface area contributed by atoms with Gasteiger partial charge in [-0.15, -0.1) is 0 Å². The summed E-state index contributed by atoms with van der Waals surface area (Å²) in [6.45, 7) is 5.09. The van der Waals surface area contributed by atoms with E-state index in [2.05, 4.69) is 22.5 Å². The molecular formula is C20H32N4O2S. The molecule has 0 amide bonds. The lowest BCUT2D eigenvalue weighted by Gasteiger charge is -2.41. The van der Waals surface area contributed by atoms with E-state index in [0.717, 1.165) is 30.9 Å². The number of sulfonamides is 1. The molecule has 0 spiro atoms. The Morgan fingerprint density at radius 3 is 2.30 bits per heavy atom. The van der Waals surface area contributed by atoms with Crippen molar-refractivity contribution in [2.45, 2.75) is 56.9 Å². The van der Waals surface area contributed by atoms with Crippen LogP contribution in [0.2, 0.25) is 0 Å². The van der Waals surface area contributed by atoms with Crippen LogP contribution in [-0.2, 0) is 16.6 Å². The number of hydrogen-bond acceptors (Lipinski definition) is 3. The van der Waals surface area contributed by atoms with E-state index in [4.69, 9.17) is 0 Å². The van der Waals surface area contributed by atoms with Crippen molar-refractivity contribution >= 4 is 16.0 Å². The van der Waals surface area contributed by atoms with Gasteiger partial charge in [-0.2, -0.15) is 4.31 Å². The highest BCUT2D eigenvalue weighted by Crippen LogP contribution is 2.42. The Morgan fingerprint density at radius 1 is 1.11 bits per heavy atom. The van der Waals surface area contributed by atoms with Crippen molar-refractivity contribution in [2.24, 2.45) is 10.4 Å². The molecule has 0 atom stereocenters. The van der Waals surface area contributed by atoms with Crippen molar-refractivity contribution in [3.8, 4) is 0 Å². The maximum atomic E-state index is 12.6. The molecule has 1 aromatic carbocycles. The van der Waals surface area contributed by atoms with Gasteiger partial charge in [-0.25, -0.2) is 8.42 Å². The Kier molecular flexibility index (Phi) is 6.42. The summed E-state index contributed by atoms with van der Waals surface area (Å²) in [7, 11) is -1.56. The van der Waals surface area contributed by atoms with E-state index >= 15 is 0 Å². The first-order valence-corrected chi connectivity index (χ1v) is 11.5. The van der Waals surface area contributed by atoms with Crippen LogP contribution in [0.4, 0.5) is 0 Å². The van der Waals surface area contributed by atoms with E-state index in [0.29, 0.717) is 29.9 Å². The topological polar surface area (TPSA) is 73.8 Å². The van der Waals surface area contributed by atoms with Crippen molar-refractivity contribution in [1.29, 1.82) is 0 Å². The van der Waals surface area contributed by atoms with Crippen molar-refractivity contribution in [3.63, 3.8) is 0 Å². The van der Waals surface area contributed by atoms with Gasteiger partial charge in [0.1, 0.15) is 0 Å². The Hall–Kier alpha value is -1.60. The zero-order chi connectivity index (χ0) is 19.3. The second-order valence-electron chi connectivity index (χ2n) is 7.74. The molecule has 1 aromatic rings. The Balaban J connectivity index is 1.53. The van der Waals surface area contributed by atoms with E-state index in [-0.39, 0.29) is 0 Å². The van der Waals surface area contributed by atoms with E-state index in [1.165, 1.54) is 25.7 Å². The van der Waals surface area contributed by atoms with Crippen LogP contribution >= 0.6 is 0 Å². The molecule has 1 heterocycles. The molecule has 2 aliphatic rings. The van der Waals surface area contributed by atoms with Crippen molar-refractivity contribution < 1.29 is 8.42 Å². The largest absolute Gasteiger partial charge is 0.356 e. The predicted molar refractivity (Wildman–Crippen MR) is 109 cm³/mol. The minimum Gasteiger partial charge on any atom is -0.356 e. The van der Waals surface area contributed by atoms with Crippen LogP contribution in [0.1, 0.15) is 51.0 Å². The van der Waals surface area contributed by atoms with E-state index in [1.54, 1.807) is 23.5 Å². The Bertz CT molecular complexity index is 743. The number of benzene rings is 1. The van der Waals surface area contributed by atoms with Crippen LogP contribution < -0.4 is 10.6 Å². The molecule has 27 heavy (non-hydrogen) atoms. The zero-order valence-corrected chi connectivity index (χ0v) is 17.3. The van der Waals surface area contributed by atoms with Gasteiger partial charge in [-0.1, -0.05) is 25.5 Å². The first kappa shape index (κ1) is 20.1. The highest BCUT2D eigenvalue weighted by molar-refractivity contribution is 7.89. The van der Waals surface area contributed by atoms with E-state index in [9.17, 15) is 8.42 Å². The number of nitrogens with zero attached hydrogens (tertiary/aromatic N) is 2. The summed E-state index contributed by atoms with van der Waals surface area (Å²) in [5.74, 6) is 0.795. The molecule has 1 aliphatic heterocycles. The van der Waals surface area contributed by atoms with Crippen LogP contribution in [0.3, 0.4) is 0 Å². The summed E-state index contributed by atoms with van der Waals surface area (Å²) in [6.07, 6.45) is 7.01. The molecule has 6 nitrogen and oxygen atoms in total. The second kappa shape index (κ2) is 8.61. The third-order valence-electron chi connectivity index (χ3n) is 6.10. The number of guanidine groups is 1. The van der Waals surface area contributed by atoms with Gasteiger partial charge in [0.05, 0.1) is 4.90 Å². The molecule has 1 saturated heterocycles. The smallest absolute Gasteiger partial charge is 0.243 e. The van der Waals surface area contributed by atoms with E-state index < -0.39 is 10.0 Å². The standard InChI is InChI=1S/C20H32N4O2S/c1-3-20(11-6-12-20)16-23-19(21-2)22-15-17-7-9-18(10-8-17)27(25,26)24-13-4-5-14-24/h7-10H,3-6,11-16H2,1-2H3,(H2,21,22,23). The summed E-state index contributed by atoms with van der Waals surface area (Å²) < 4.78 is 26.7. The number of rotatable bonds is 7. The second-order valence-corrected chi connectivity index (χ2v) is 9.68. The lowest BCUT2D eigenvalue weighted by atomic mass is 9.67. The fourth-order valence-electron chi connectivity index (χ4n) is 3.87. The lowest BCUT2D eigenvalue weighted by molar-refractivity contribution is 0.131. The molecule has 7 heteroatoms. The van der Waals surface area contributed by atoms with Crippen LogP contribution in [0, 0.1) is 5.41 Å². The molecule has 2 fully saturated rings. The third-order valence-corrected chi connectivity index (χ3v) is 8.02. The lowest BCUT2D eigenvalue weighted by Crippen LogP contribution is -2.46. The van der Waals surface area contributed by atoms with Gasteiger partial charge in [0, 0.05) is 33.2 Å². The molecule has 0 bridgehead atoms. The summed E-state index contributed by atoms with van der Waals surface area (Å²) in [4.78, 5) is 4.68.